The third kappa shape index (κ3) is 3.28. The molecule has 0 atom stereocenters. The molecule has 0 amide bonds. The van der Waals surface area contributed by atoms with Gasteiger partial charge >= 0.3 is 0 Å². The maximum absolute atomic E-state index is 5.01. The number of hydrogen-bond donors (Lipinski definition) is 0. The maximum atomic E-state index is 5.01. The molecule has 32 heavy (non-hydrogen) atoms. The number of aromatic nitrogens is 2. The van der Waals surface area contributed by atoms with Crippen molar-refractivity contribution in [1.29, 1.82) is 0 Å². The normalized spacial score (nSPS) is 11.3. The van der Waals surface area contributed by atoms with Gasteiger partial charge in [-0.25, -0.2) is 9.97 Å². The van der Waals surface area contributed by atoms with Crippen molar-refractivity contribution in [3.8, 4) is 33.8 Å². The summed E-state index contributed by atoms with van der Waals surface area (Å²) >= 11 is 1.83. The maximum Gasteiger partial charge on any atom is 0.160 e. The second-order valence-corrected chi connectivity index (χ2v) is 9.02. The van der Waals surface area contributed by atoms with Crippen molar-refractivity contribution in [2.45, 2.75) is 6.92 Å². The number of benzene rings is 4. The summed E-state index contributed by atoms with van der Waals surface area (Å²) in [5, 5.41) is 2.56. The Morgan fingerprint density at radius 1 is 0.594 bits per heavy atom. The number of aryl methyl sites for hydroxylation is 1. The van der Waals surface area contributed by atoms with E-state index in [9.17, 15) is 0 Å². The summed E-state index contributed by atoms with van der Waals surface area (Å²) in [6.07, 6.45) is 0. The lowest BCUT2D eigenvalue weighted by atomic mass is 10.0. The average Bonchev–Trinajstić information content (AvgIpc) is 3.23. The number of rotatable bonds is 3. The SMILES string of the molecule is Cc1cc(-c2cccc3sc4ccccc4c23)nc(-c2ccc(-c3ccccc3)cc2)n1. The predicted octanol–water partition coefficient (Wildman–Crippen LogP) is 8.15. The van der Waals surface area contributed by atoms with Crippen LogP contribution in [-0.4, -0.2) is 9.97 Å². The van der Waals surface area contributed by atoms with Gasteiger partial charge in [-0.15, -0.1) is 11.3 Å². The second kappa shape index (κ2) is 7.70. The molecule has 152 valence electrons. The molecule has 0 bridgehead atoms. The van der Waals surface area contributed by atoms with Crippen LogP contribution in [0.1, 0.15) is 5.69 Å². The molecule has 0 aliphatic carbocycles. The fourth-order valence-corrected chi connectivity index (χ4v) is 5.40. The fraction of sp³-hybridized carbons (Fsp3) is 0.0345. The van der Waals surface area contributed by atoms with Crippen molar-refractivity contribution in [3.05, 3.63) is 109 Å². The van der Waals surface area contributed by atoms with E-state index in [1.54, 1.807) is 0 Å². The van der Waals surface area contributed by atoms with Gasteiger partial charge in [0.05, 0.1) is 5.69 Å². The summed E-state index contributed by atoms with van der Waals surface area (Å²) in [6, 6.07) is 36.1. The molecule has 2 heterocycles. The van der Waals surface area contributed by atoms with Gasteiger partial charge in [-0.05, 0) is 36.2 Å². The molecule has 0 saturated carbocycles. The molecule has 6 rings (SSSR count). The van der Waals surface area contributed by atoms with Gasteiger partial charge in [-0.1, -0.05) is 84.9 Å². The third-order valence-electron chi connectivity index (χ3n) is 5.78. The Morgan fingerprint density at radius 3 is 2.12 bits per heavy atom. The monoisotopic (exact) mass is 428 g/mol. The van der Waals surface area contributed by atoms with Crippen molar-refractivity contribution < 1.29 is 0 Å². The molecule has 0 saturated heterocycles. The van der Waals surface area contributed by atoms with E-state index in [1.807, 2.05) is 24.3 Å². The van der Waals surface area contributed by atoms with E-state index >= 15 is 0 Å². The van der Waals surface area contributed by atoms with Crippen LogP contribution in [0.3, 0.4) is 0 Å². The van der Waals surface area contributed by atoms with Crippen molar-refractivity contribution in [3.63, 3.8) is 0 Å². The molecule has 0 aliphatic heterocycles. The van der Waals surface area contributed by atoms with Crippen LogP contribution < -0.4 is 0 Å². The number of fused-ring (bicyclic) bond motifs is 3. The summed E-state index contributed by atoms with van der Waals surface area (Å²) in [4.78, 5) is 9.76. The highest BCUT2D eigenvalue weighted by molar-refractivity contribution is 7.25. The van der Waals surface area contributed by atoms with Crippen LogP contribution in [0, 0.1) is 6.92 Å². The topological polar surface area (TPSA) is 25.8 Å². The van der Waals surface area contributed by atoms with Gasteiger partial charge in [-0.2, -0.15) is 0 Å². The zero-order chi connectivity index (χ0) is 21.5. The highest BCUT2D eigenvalue weighted by Crippen LogP contribution is 2.39. The zero-order valence-corrected chi connectivity index (χ0v) is 18.4. The summed E-state index contributed by atoms with van der Waals surface area (Å²) in [6.45, 7) is 2.04. The van der Waals surface area contributed by atoms with Gasteiger partial charge in [0.1, 0.15) is 0 Å². The Hall–Kier alpha value is -3.82. The van der Waals surface area contributed by atoms with Crippen molar-refractivity contribution in [2.75, 3.05) is 0 Å². The molecule has 0 radical (unpaired) electrons. The molecule has 6 aromatic rings. The van der Waals surface area contributed by atoms with Crippen molar-refractivity contribution >= 4 is 31.5 Å². The van der Waals surface area contributed by atoms with Crippen LogP contribution in [0.5, 0.6) is 0 Å². The van der Waals surface area contributed by atoms with Crippen LogP contribution in [0.15, 0.2) is 103 Å². The quantitative estimate of drug-likeness (QED) is 0.284. The minimum absolute atomic E-state index is 0.760. The Bertz CT molecular complexity index is 1560. The van der Waals surface area contributed by atoms with Crippen LogP contribution in [0.4, 0.5) is 0 Å². The number of thiophene rings is 1. The fourth-order valence-electron chi connectivity index (χ4n) is 4.27. The van der Waals surface area contributed by atoms with Gasteiger partial charge in [0, 0.05) is 37.0 Å². The molecule has 4 aromatic carbocycles. The van der Waals surface area contributed by atoms with Gasteiger partial charge in [0.15, 0.2) is 5.82 Å². The average molecular weight is 429 g/mol. The summed E-state index contributed by atoms with van der Waals surface area (Å²) in [7, 11) is 0. The van der Waals surface area contributed by atoms with Gasteiger partial charge in [0.25, 0.3) is 0 Å². The molecule has 0 fully saturated rings. The lowest BCUT2D eigenvalue weighted by molar-refractivity contribution is 1.12. The highest BCUT2D eigenvalue weighted by Gasteiger charge is 2.13. The van der Waals surface area contributed by atoms with Crippen LogP contribution in [-0.2, 0) is 0 Å². The first kappa shape index (κ1) is 18.9. The molecule has 0 N–H and O–H groups in total. The first-order valence-corrected chi connectivity index (χ1v) is 11.5. The van der Waals surface area contributed by atoms with E-state index in [0.717, 1.165) is 28.3 Å². The minimum atomic E-state index is 0.760. The molecule has 0 spiro atoms. The van der Waals surface area contributed by atoms with Crippen molar-refractivity contribution in [1.82, 2.24) is 9.97 Å². The van der Waals surface area contributed by atoms with Crippen molar-refractivity contribution in [2.24, 2.45) is 0 Å². The first-order valence-electron chi connectivity index (χ1n) is 10.7. The van der Waals surface area contributed by atoms with Crippen LogP contribution >= 0.6 is 11.3 Å². The minimum Gasteiger partial charge on any atom is -0.233 e. The molecular weight excluding hydrogens is 408 g/mol. The molecule has 2 aromatic heterocycles. The Labute approximate surface area is 190 Å². The highest BCUT2D eigenvalue weighted by atomic mass is 32.1. The zero-order valence-electron chi connectivity index (χ0n) is 17.6. The van der Waals surface area contributed by atoms with Crippen LogP contribution in [0.25, 0.3) is 53.9 Å². The van der Waals surface area contributed by atoms with E-state index in [1.165, 1.54) is 31.3 Å². The molecule has 0 unspecified atom stereocenters. The van der Waals surface area contributed by atoms with Gasteiger partial charge < -0.3 is 0 Å². The summed E-state index contributed by atoms with van der Waals surface area (Å²) in [5.74, 6) is 0.760. The molecule has 2 nitrogen and oxygen atoms in total. The van der Waals surface area contributed by atoms with E-state index in [4.69, 9.17) is 9.97 Å². The summed E-state index contributed by atoms with van der Waals surface area (Å²) in [5.41, 5.74) is 6.52. The van der Waals surface area contributed by atoms with Gasteiger partial charge in [-0.3, -0.25) is 0 Å². The lowest BCUT2D eigenvalue weighted by Gasteiger charge is -2.09. The molecule has 0 aliphatic rings. The third-order valence-corrected chi connectivity index (χ3v) is 6.92. The Balaban J connectivity index is 1.48. The Morgan fingerprint density at radius 2 is 1.28 bits per heavy atom. The smallest absolute Gasteiger partial charge is 0.160 e. The number of hydrogen-bond acceptors (Lipinski definition) is 3. The van der Waals surface area contributed by atoms with Crippen LogP contribution in [0.2, 0.25) is 0 Å². The molecular formula is C29H20N2S. The Kier molecular flexibility index (Phi) is 4.55. The first-order chi connectivity index (χ1) is 15.8. The van der Waals surface area contributed by atoms with E-state index in [-0.39, 0.29) is 0 Å². The largest absolute Gasteiger partial charge is 0.233 e. The van der Waals surface area contributed by atoms with Gasteiger partial charge in [0.2, 0.25) is 0 Å². The van der Waals surface area contributed by atoms with E-state index in [0.29, 0.717) is 0 Å². The van der Waals surface area contributed by atoms with E-state index < -0.39 is 0 Å². The lowest BCUT2D eigenvalue weighted by Crippen LogP contribution is -1.95. The number of nitrogens with zero attached hydrogens (tertiary/aromatic N) is 2. The summed E-state index contributed by atoms with van der Waals surface area (Å²) < 4.78 is 2.59. The standard InChI is InChI=1S/C29H20N2S/c1-19-18-25(23-11-7-13-27-28(23)24-10-5-6-12-26(24)32-27)31-29(30-19)22-16-14-21(15-17-22)20-8-3-2-4-9-20/h2-18H,1H3. The predicted molar refractivity (Wildman–Crippen MR) is 136 cm³/mol. The second-order valence-electron chi connectivity index (χ2n) is 7.94. The molecule has 3 heteroatoms. The van der Waals surface area contributed by atoms with E-state index in [2.05, 4.69) is 97.1 Å².